The van der Waals surface area contributed by atoms with Gasteiger partial charge in [-0.15, -0.1) is 0 Å². The third kappa shape index (κ3) is 3.71. The Bertz CT molecular complexity index is 200. The largest absolute Gasteiger partial charge is 0.481 e. The summed E-state index contributed by atoms with van der Waals surface area (Å²) >= 11 is 1.65. The molecule has 1 aliphatic rings. The Balaban J connectivity index is 1.86. The number of carboxylic acid groups (broad SMARTS) is 1. The lowest BCUT2D eigenvalue weighted by molar-refractivity contribution is -0.136. The Morgan fingerprint density at radius 2 is 2.17 bits per heavy atom. The lowest BCUT2D eigenvalue weighted by Gasteiger charge is -2.01. The Morgan fingerprint density at radius 1 is 1.50 bits per heavy atom. The van der Waals surface area contributed by atoms with E-state index in [1.165, 1.54) is 0 Å². The van der Waals surface area contributed by atoms with E-state index in [4.69, 9.17) is 5.11 Å². The first-order valence-corrected chi connectivity index (χ1v) is 5.01. The maximum absolute atomic E-state index is 10.1. The third-order valence-electron chi connectivity index (χ3n) is 1.62. The fraction of sp³-hybridized carbons (Fsp3) is 0.857. The van der Waals surface area contributed by atoms with Crippen LogP contribution in [0.4, 0.5) is 0 Å². The summed E-state index contributed by atoms with van der Waals surface area (Å²) in [4.78, 5) is 10.1. The average Bonchev–Trinajstić information content (AvgIpc) is 2.67. The highest BCUT2D eigenvalue weighted by atomic mass is 32.2. The molecule has 68 valence electrons. The molecule has 4 nitrogen and oxygen atoms in total. The summed E-state index contributed by atoms with van der Waals surface area (Å²) in [7, 11) is 0. The van der Waals surface area contributed by atoms with Crippen LogP contribution < -0.4 is 0 Å². The van der Waals surface area contributed by atoms with E-state index in [1.807, 2.05) is 6.92 Å². The van der Waals surface area contributed by atoms with Crippen LogP contribution in [0.25, 0.3) is 0 Å². The van der Waals surface area contributed by atoms with Gasteiger partial charge in [-0.1, -0.05) is 0 Å². The number of carbonyl (C=O) groups is 1. The topological polar surface area (TPSA) is 62.0 Å². The van der Waals surface area contributed by atoms with Crippen LogP contribution in [0.1, 0.15) is 19.8 Å². The fourth-order valence-corrected chi connectivity index (χ4v) is 1.77. The van der Waals surface area contributed by atoms with Crippen molar-refractivity contribution in [2.75, 3.05) is 11.5 Å². The predicted molar refractivity (Wildman–Crippen MR) is 47.5 cm³/mol. The van der Waals surface area contributed by atoms with Crippen LogP contribution in [0, 0.1) is 0 Å². The SMILES string of the molecule is CC1(CCSCCC(=O)O)N=N1. The van der Waals surface area contributed by atoms with Gasteiger partial charge in [0.25, 0.3) is 0 Å². The summed E-state index contributed by atoms with van der Waals surface area (Å²) in [5.41, 5.74) is -0.129. The zero-order valence-corrected chi connectivity index (χ0v) is 7.80. The molecule has 12 heavy (non-hydrogen) atoms. The number of hydrogen-bond acceptors (Lipinski definition) is 4. The molecular weight excluding hydrogens is 176 g/mol. The maximum atomic E-state index is 10.1. The number of carboxylic acids is 1. The van der Waals surface area contributed by atoms with Gasteiger partial charge < -0.3 is 5.11 Å². The zero-order chi connectivity index (χ0) is 9.03. The second-order valence-corrected chi connectivity index (χ2v) is 4.15. The van der Waals surface area contributed by atoms with Gasteiger partial charge in [-0.25, -0.2) is 0 Å². The van der Waals surface area contributed by atoms with Crippen LogP contribution >= 0.6 is 11.8 Å². The summed E-state index contributed by atoms with van der Waals surface area (Å²) < 4.78 is 0. The second kappa shape index (κ2) is 3.89. The molecule has 1 rings (SSSR count). The molecule has 0 aromatic carbocycles. The summed E-state index contributed by atoms with van der Waals surface area (Å²) in [5.74, 6) is 0.900. The van der Waals surface area contributed by atoms with Gasteiger partial charge in [0.15, 0.2) is 5.66 Å². The number of thioether (sulfide) groups is 1. The molecule has 5 heteroatoms. The van der Waals surface area contributed by atoms with Crippen molar-refractivity contribution in [1.29, 1.82) is 0 Å². The molecule has 0 unspecified atom stereocenters. The van der Waals surface area contributed by atoms with Gasteiger partial charge in [0.2, 0.25) is 0 Å². The summed E-state index contributed by atoms with van der Waals surface area (Å²) in [6.45, 7) is 1.98. The monoisotopic (exact) mass is 188 g/mol. The summed E-state index contributed by atoms with van der Waals surface area (Å²) in [6.07, 6.45) is 1.17. The molecule has 0 aromatic rings. The van der Waals surface area contributed by atoms with Crippen LogP contribution in [0.3, 0.4) is 0 Å². The van der Waals surface area contributed by atoms with Gasteiger partial charge in [-0.05, 0) is 12.7 Å². The number of aliphatic carboxylic acids is 1. The second-order valence-electron chi connectivity index (χ2n) is 2.92. The Hall–Kier alpha value is -0.580. The molecule has 0 saturated carbocycles. The van der Waals surface area contributed by atoms with E-state index < -0.39 is 5.97 Å². The minimum absolute atomic E-state index is 0.129. The van der Waals surface area contributed by atoms with E-state index in [-0.39, 0.29) is 12.1 Å². The molecule has 0 saturated heterocycles. The molecule has 0 atom stereocenters. The standard InChI is InChI=1S/C7H12N2O2S/c1-7(8-9-7)3-5-12-4-2-6(10)11/h2-5H2,1H3,(H,10,11). The van der Waals surface area contributed by atoms with E-state index >= 15 is 0 Å². The van der Waals surface area contributed by atoms with Crippen molar-refractivity contribution in [1.82, 2.24) is 0 Å². The normalized spacial score (nSPS) is 17.8. The summed E-state index contributed by atoms with van der Waals surface area (Å²) in [5, 5.41) is 16.1. The first kappa shape index (κ1) is 9.51. The molecule has 1 aliphatic heterocycles. The van der Waals surface area contributed by atoms with Gasteiger partial charge in [-0.2, -0.15) is 22.0 Å². The molecule has 0 bridgehead atoms. The van der Waals surface area contributed by atoms with Crippen molar-refractivity contribution < 1.29 is 9.90 Å². The first-order chi connectivity index (χ1) is 5.62. The molecule has 0 aliphatic carbocycles. The quantitative estimate of drug-likeness (QED) is 0.646. The van der Waals surface area contributed by atoms with Crippen molar-refractivity contribution in [2.24, 2.45) is 10.2 Å². The van der Waals surface area contributed by atoms with Crippen LogP contribution in [0.5, 0.6) is 0 Å². The van der Waals surface area contributed by atoms with E-state index in [9.17, 15) is 4.79 Å². The Morgan fingerprint density at radius 3 is 2.67 bits per heavy atom. The van der Waals surface area contributed by atoms with Gasteiger partial charge in [0, 0.05) is 12.2 Å². The van der Waals surface area contributed by atoms with Crippen molar-refractivity contribution in [2.45, 2.75) is 25.4 Å². The highest BCUT2D eigenvalue weighted by Gasteiger charge is 2.32. The zero-order valence-electron chi connectivity index (χ0n) is 6.99. The summed E-state index contributed by atoms with van der Waals surface area (Å²) in [6, 6.07) is 0. The van der Waals surface area contributed by atoms with Crippen molar-refractivity contribution in [3.8, 4) is 0 Å². The van der Waals surface area contributed by atoms with E-state index in [2.05, 4.69) is 10.2 Å². The maximum Gasteiger partial charge on any atom is 0.304 e. The van der Waals surface area contributed by atoms with Gasteiger partial charge in [0.05, 0.1) is 6.42 Å². The van der Waals surface area contributed by atoms with Gasteiger partial charge >= 0.3 is 5.97 Å². The van der Waals surface area contributed by atoms with Crippen molar-refractivity contribution >= 4 is 17.7 Å². The van der Waals surface area contributed by atoms with Crippen LogP contribution in [0.15, 0.2) is 10.2 Å². The molecule has 0 spiro atoms. The number of rotatable bonds is 6. The van der Waals surface area contributed by atoms with Gasteiger partial charge in [0.1, 0.15) is 0 Å². The smallest absolute Gasteiger partial charge is 0.304 e. The number of nitrogens with zero attached hydrogens (tertiary/aromatic N) is 2. The van der Waals surface area contributed by atoms with Crippen LogP contribution in [-0.2, 0) is 4.79 Å². The molecule has 0 amide bonds. The van der Waals surface area contributed by atoms with Gasteiger partial charge in [-0.3, -0.25) is 4.79 Å². The number of hydrogen-bond donors (Lipinski definition) is 1. The van der Waals surface area contributed by atoms with Crippen LogP contribution in [0.2, 0.25) is 0 Å². The van der Waals surface area contributed by atoms with E-state index in [0.717, 1.165) is 12.2 Å². The molecule has 1 heterocycles. The lowest BCUT2D eigenvalue weighted by atomic mass is 10.2. The molecule has 0 fully saturated rings. The predicted octanol–water partition coefficient (Wildman–Crippen LogP) is 1.77. The lowest BCUT2D eigenvalue weighted by Crippen LogP contribution is -2.05. The van der Waals surface area contributed by atoms with Crippen LogP contribution in [-0.4, -0.2) is 28.2 Å². The highest BCUT2D eigenvalue weighted by molar-refractivity contribution is 7.99. The highest BCUT2D eigenvalue weighted by Crippen LogP contribution is 2.31. The van der Waals surface area contributed by atoms with Crippen molar-refractivity contribution in [3.63, 3.8) is 0 Å². The van der Waals surface area contributed by atoms with E-state index in [0.29, 0.717) is 5.75 Å². The minimum atomic E-state index is -0.727. The minimum Gasteiger partial charge on any atom is -0.481 e. The van der Waals surface area contributed by atoms with Crippen molar-refractivity contribution in [3.05, 3.63) is 0 Å². The first-order valence-electron chi connectivity index (χ1n) is 3.86. The fourth-order valence-electron chi connectivity index (χ4n) is 0.712. The molecule has 1 N–H and O–H groups in total. The third-order valence-corrected chi connectivity index (χ3v) is 2.61. The Labute approximate surface area is 75.4 Å². The Kier molecular flexibility index (Phi) is 3.08. The molecular formula is C7H12N2O2S. The molecule has 0 radical (unpaired) electrons. The van der Waals surface area contributed by atoms with E-state index in [1.54, 1.807) is 11.8 Å². The molecule has 0 aromatic heterocycles. The average molecular weight is 188 g/mol.